The van der Waals surface area contributed by atoms with Gasteiger partial charge in [-0.15, -0.1) is 0 Å². The maximum absolute atomic E-state index is 2.76. The van der Waals surface area contributed by atoms with Gasteiger partial charge in [-0.25, -0.2) is 0 Å². The van der Waals surface area contributed by atoms with Gasteiger partial charge in [-0.2, -0.15) is 0 Å². The summed E-state index contributed by atoms with van der Waals surface area (Å²) in [4.78, 5) is 2.52. The molecule has 4 rings (SSSR count). The first-order valence-electron chi connectivity index (χ1n) is 14.2. The summed E-state index contributed by atoms with van der Waals surface area (Å²) in [5, 5.41) is 0. The zero-order valence-electron chi connectivity index (χ0n) is 22.4. The van der Waals surface area contributed by atoms with E-state index >= 15 is 0 Å². The molecule has 0 heterocycles. The highest BCUT2D eigenvalue weighted by molar-refractivity contribution is 5.10. The van der Waals surface area contributed by atoms with Crippen LogP contribution in [0.3, 0.4) is 0 Å². The molecule has 4 saturated carbocycles. The molecule has 1 heteroatoms. The summed E-state index contributed by atoms with van der Waals surface area (Å²) in [7, 11) is 4.62. The molecule has 0 aromatic rings. The van der Waals surface area contributed by atoms with E-state index in [1.807, 2.05) is 0 Å². The molecule has 0 radical (unpaired) electrons. The fraction of sp³-hybridized carbons (Fsp3) is 1.00. The predicted molar refractivity (Wildman–Crippen MR) is 135 cm³/mol. The minimum atomic E-state index is 0.645. The Hall–Kier alpha value is -0.0400. The van der Waals surface area contributed by atoms with Gasteiger partial charge in [-0.05, 0) is 130 Å². The summed E-state index contributed by atoms with van der Waals surface area (Å²) >= 11 is 0. The molecule has 0 aromatic carbocycles. The van der Waals surface area contributed by atoms with Crippen LogP contribution in [0.4, 0.5) is 0 Å². The monoisotopic (exact) mass is 429 g/mol. The van der Waals surface area contributed by atoms with Crippen LogP contribution < -0.4 is 0 Å². The summed E-state index contributed by atoms with van der Waals surface area (Å²) in [6, 6.07) is 0.841. The van der Waals surface area contributed by atoms with E-state index in [2.05, 4.69) is 60.5 Å². The number of nitrogens with zero attached hydrogens (tertiary/aromatic N) is 1. The van der Waals surface area contributed by atoms with Crippen molar-refractivity contribution in [3.8, 4) is 0 Å². The quantitative estimate of drug-likeness (QED) is 0.410. The van der Waals surface area contributed by atoms with E-state index in [0.29, 0.717) is 10.8 Å². The zero-order valence-corrected chi connectivity index (χ0v) is 22.4. The van der Waals surface area contributed by atoms with Crippen LogP contribution >= 0.6 is 0 Å². The SMILES string of the molecule is CC(C)C(C)CC[C@@H](C)C1CCC2C3CCC4CC(N(C)C)CCC4(C)C3CCC21C. The van der Waals surface area contributed by atoms with Gasteiger partial charge in [-0.3, -0.25) is 0 Å². The third kappa shape index (κ3) is 4.17. The molecule has 0 amide bonds. The second kappa shape index (κ2) is 8.96. The molecule has 0 N–H and O–H groups in total. The Morgan fingerprint density at radius 2 is 1.45 bits per heavy atom. The molecule has 10 atom stereocenters. The van der Waals surface area contributed by atoms with Crippen molar-refractivity contribution in [1.29, 1.82) is 0 Å². The Morgan fingerprint density at radius 1 is 0.774 bits per heavy atom. The van der Waals surface area contributed by atoms with Crippen molar-refractivity contribution in [3.05, 3.63) is 0 Å². The first-order valence-corrected chi connectivity index (χ1v) is 14.2. The highest BCUT2D eigenvalue weighted by atomic mass is 15.1. The van der Waals surface area contributed by atoms with Gasteiger partial charge in [0.25, 0.3) is 0 Å². The van der Waals surface area contributed by atoms with Crippen LogP contribution in [0, 0.1) is 58.2 Å². The lowest BCUT2D eigenvalue weighted by molar-refractivity contribution is -0.122. The second-order valence-corrected chi connectivity index (χ2v) is 14.1. The maximum atomic E-state index is 2.76. The Labute approximate surface area is 195 Å². The molecule has 0 spiro atoms. The summed E-state index contributed by atoms with van der Waals surface area (Å²) in [5.41, 5.74) is 1.29. The van der Waals surface area contributed by atoms with Crippen molar-refractivity contribution >= 4 is 0 Å². The smallest absolute Gasteiger partial charge is 0.00922 e. The second-order valence-electron chi connectivity index (χ2n) is 14.1. The Balaban J connectivity index is 1.45. The molecular formula is C30H55N. The van der Waals surface area contributed by atoms with Crippen LogP contribution in [-0.4, -0.2) is 25.0 Å². The molecule has 4 aliphatic carbocycles. The Bertz CT molecular complexity index is 610. The van der Waals surface area contributed by atoms with Crippen LogP contribution in [0.15, 0.2) is 0 Å². The minimum Gasteiger partial charge on any atom is -0.306 e. The first kappa shape index (κ1) is 24.1. The van der Waals surface area contributed by atoms with E-state index in [-0.39, 0.29) is 0 Å². The number of hydrogen-bond donors (Lipinski definition) is 0. The maximum Gasteiger partial charge on any atom is 0.00922 e. The van der Waals surface area contributed by atoms with Crippen molar-refractivity contribution in [1.82, 2.24) is 4.90 Å². The van der Waals surface area contributed by atoms with Crippen LogP contribution in [0.25, 0.3) is 0 Å². The van der Waals surface area contributed by atoms with Crippen molar-refractivity contribution < 1.29 is 0 Å². The molecule has 0 saturated heterocycles. The van der Waals surface area contributed by atoms with E-state index < -0.39 is 0 Å². The Morgan fingerprint density at radius 3 is 2.13 bits per heavy atom. The fourth-order valence-corrected chi connectivity index (χ4v) is 9.74. The van der Waals surface area contributed by atoms with Crippen molar-refractivity contribution in [2.45, 2.75) is 118 Å². The summed E-state index contributed by atoms with van der Waals surface area (Å²) < 4.78 is 0. The normalized spacial score (nSPS) is 47.0. The number of fused-ring (bicyclic) bond motifs is 5. The van der Waals surface area contributed by atoms with Crippen molar-refractivity contribution in [3.63, 3.8) is 0 Å². The molecule has 4 fully saturated rings. The molecule has 4 aliphatic rings. The van der Waals surface area contributed by atoms with Crippen LogP contribution in [0.5, 0.6) is 0 Å². The third-order valence-corrected chi connectivity index (χ3v) is 12.3. The van der Waals surface area contributed by atoms with Crippen LogP contribution in [0.2, 0.25) is 0 Å². The van der Waals surface area contributed by atoms with Crippen LogP contribution in [-0.2, 0) is 0 Å². The number of rotatable bonds is 6. The largest absolute Gasteiger partial charge is 0.306 e. The van der Waals surface area contributed by atoms with Gasteiger partial charge < -0.3 is 4.90 Å². The molecule has 31 heavy (non-hydrogen) atoms. The lowest BCUT2D eigenvalue weighted by atomic mass is 9.44. The predicted octanol–water partition coefficient (Wildman–Crippen LogP) is 8.28. The highest BCUT2D eigenvalue weighted by Crippen LogP contribution is 2.68. The molecule has 0 aromatic heterocycles. The average Bonchev–Trinajstić information content (AvgIpc) is 3.08. The van der Waals surface area contributed by atoms with E-state index in [0.717, 1.165) is 53.4 Å². The minimum absolute atomic E-state index is 0.645. The molecule has 180 valence electrons. The van der Waals surface area contributed by atoms with E-state index in [4.69, 9.17) is 0 Å². The Kier molecular flexibility index (Phi) is 6.96. The molecule has 1 nitrogen and oxygen atoms in total. The standard InChI is InChI=1S/C30H55N/c1-20(2)21(3)9-10-22(4)26-13-14-27-25-12-11-23-19-24(31(7)8)15-17-29(23,5)28(25)16-18-30(26,27)6/h20-28H,9-19H2,1-8H3/t21?,22-,23?,24?,25?,26?,27?,28?,29?,30?/m1/s1. The summed E-state index contributed by atoms with van der Waals surface area (Å²) in [6.45, 7) is 15.4. The summed E-state index contributed by atoms with van der Waals surface area (Å²) in [6.07, 6.45) is 16.6. The van der Waals surface area contributed by atoms with Gasteiger partial charge >= 0.3 is 0 Å². The summed E-state index contributed by atoms with van der Waals surface area (Å²) in [5.74, 6) is 7.75. The first-order chi connectivity index (χ1) is 14.6. The third-order valence-electron chi connectivity index (χ3n) is 12.3. The van der Waals surface area contributed by atoms with Crippen molar-refractivity contribution in [2.24, 2.45) is 58.2 Å². The highest BCUT2D eigenvalue weighted by Gasteiger charge is 2.60. The lowest BCUT2D eigenvalue weighted by Gasteiger charge is -2.61. The zero-order chi connectivity index (χ0) is 22.6. The van der Waals surface area contributed by atoms with E-state index in [1.54, 1.807) is 19.3 Å². The lowest BCUT2D eigenvalue weighted by Crippen LogP contribution is -2.55. The molecule has 9 unspecified atom stereocenters. The van der Waals surface area contributed by atoms with Gasteiger partial charge in [-0.1, -0.05) is 54.4 Å². The van der Waals surface area contributed by atoms with Gasteiger partial charge in [0.2, 0.25) is 0 Å². The molecular weight excluding hydrogens is 374 g/mol. The van der Waals surface area contributed by atoms with Gasteiger partial charge in [0.15, 0.2) is 0 Å². The topological polar surface area (TPSA) is 3.24 Å². The molecule has 0 aliphatic heterocycles. The fourth-order valence-electron chi connectivity index (χ4n) is 9.74. The van der Waals surface area contributed by atoms with E-state index in [9.17, 15) is 0 Å². The van der Waals surface area contributed by atoms with E-state index in [1.165, 1.54) is 51.4 Å². The van der Waals surface area contributed by atoms with Gasteiger partial charge in [0.05, 0.1) is 0 Å². The van der Waals surface area contributed by atoms with Gasteiger partial charge in [0.1, 0.15) is 0 Å². The van der Waals surface area contributed by atoms with Crippen molar-refractivity contribution in [2.75, 3.05) is 14.1 Å². The van der Waals surface area contributed by atoms with Gasteiger partial charge in [0, 0.05) is 6.04 Å². The van der Waals surface area contributed by atoms with Crippen LogP contribution in [0.1, 0.15) is 112 Å². The average molecular weight is 430 g/mol. The molecule has 0 bridgehead atoms. The number of hydrogen-bond acceptors (Lipinski definition) is 1.